The molecule has 0 N–H and O–H groups in total. The molecular weight excluding hydrogens is 252 g/mol. The highest BCUT2D eigenvalue weighted by molar-refractivity contribution is 7.89. The molecule has 0 aliphatic carbocycles. The smallest absolute Gasteiger partial charge is 0.227 e. The lowest BCUT2D eigenvalue weighted by Crippen LogP contribution is -2.46. The summed E-state index contributed by atoms with van der Waals surface area (Å²) in [5.74, 6) is 0.152. The van der Waals surface area contributed by atoms with Gasteiger partial charge in [-0.3, -0.25) is 4.79 Å². The summed E-state index contributed by atoms with van der Waals surface area (Å²) in [6, 6.07) is 0. The van der Waals surface area contributed by atoms with Gasteiger partial charge in [-0.15, -0.1) is 0 Å². The van der Waals surface area contributed by atoms with Gasteiger partial charge in [0.2, 0.25) is 15.9 Å². The van der Waals surface area contributed by atoms with Crippen LogP contribution in [0.1, 0.15) is 32.6 Å². The number of sulfonamides is 1. The van der Waals surface area contributed by atoms with Crippen LogP contribution in [0.5, 0.6) is 0 Å². The van der Waals surface area contributed by atoms with Crippen LogP contribution in [0.3, 0.4) is 0 Å². The zero-order chi connectivity index (χ0) is 13.2. The summed E-state index contributed by atoms with van der Waals surface area (Å²) in [4.78, 5) is 14.2. The lowest BCUT2D eigenvalue weighted by Gasteiger charge is -2.32. The second-order valence-electron chi connectivity index (χ2n) is 5.13. The van der Waals surface area contributed by atoms with Crippen molar-refractivity contribution in [1.82, 2.24) is 9.21 Å². The third-order valence-corrected chi connectivity index (χ3v) is 5.76. The molecule has 2 fully saturated rings. The molecule has 2 saturated heterocycles. The fourth-order valence-electron chi connectivity index (χ4n) is 2.77. The van der Waals surface area contributed by atoms with E-state index in [1.807, 2.05) is 4.90 Å². The molecule has 0 unspecified atom stereocenters. The monoisotopic (exact) mass is 274 g/mol. The molecule has 2 rings (SSSR count). The van der Waals surface area contributed by atoms with E-state index in [-0.39, 0.29) is 17.6 Å². The summed E-state index contributed by atoms with van der Waals surface area (Å²) in [7, 11) is -3.15. The first kappa shape index (κ1) is 13.8. The van der Waals surface area contributed by atoms with E-state index < -0.39 is 10.0 Å². The average Bonchev–Trinajstić information content (AvgIpc) is 2.92. The molecule has 104 valence electrons. The van der Waals surface area contributed by atoms with Crippen LogP contribution in [-0.4, -0.2) is 55.5 Å². The van der Waals surface area contributed by atoms with Crippen LogP contribution in [0, 0.1) is 5.92 Å². The van der Waals surface area contributed by atoms with Crippen molar-refractivity contribution in [2.75, 3.05) is 31.9 Å². The summed E-state index contributed by atoms with van der Waals surface area (Å²) < 4.78 is 25.2. The van der Waals surface area contributed by atoms with E-state index in [1.54, 1.807) is 6.92 Å². The van der Waals surface area contributed by atoms with Gasteiger partial charge in [0.25, 0.3) is 0 Å². The van der Waals surface area contributed by atoms with E-state index in [2.05, 4.69) is 0 Å². The SMILES string of the molecule is CCS(=O)(=O)N1CCC[C@H](C(=O)N2CCCC2)C1. The molecule has 0 radical (unpaired) electrons. The quantitative estimate of drug-likeness (QED) is 0.760. The summed E-state index contributed by atoms with van der Waals surface area (Å²) in [6.07, 6.45) is 3.78. The van der Waals surface area contributed by atoms with Crippen molar-refractivity contribution in [3.63, 3.8) is 0 Å². The molecule has 2 aliphatic rings. The lowest BCUT2D eigenvalue weighted by atomic mass is 9.98. The van der Waals surface area contributed by atoms with Crippen molar-refractivity contribution in [3.8, 4) is 0 Å². The number of carbonyl (C=O) groups excluding carboxylic acids is 1. The van der Waals surface area contributed by atoms with Crippen molar-refractivity contribution < 1.29 is 13.2 Å². The summed E-state index contributed by atoms with van der Waals surface area (Å²) in [5.41, 5.74) is 0. The molecule has 2 aliphatic heterocycles. The third kappa shape index (κ3) is 2.85. The Hall–Kier alpha value is -0.620. The second kappa shape index (κ2) is 5.57. The van der Waals surface area contributed by atoms with Gasteiger partial charge in [-0.05, 0) is 32.6 Å². The van der Waals surface area contributed by atoms with Gasteiger partial charge in [0.1, 0.15) is 0 Å². The van der Waals surface area contributed by atoms with Gasteiger partial charge < -0.3 is 4.90 Å². The molecular formula is C12H22N2O3S. The fraction of sp³-hybridized carbons (Fsp3) is 0.917. The zero-order valence-electron chi connectivity index (χ0n) is 11.0. The Morgan fingerprint density at radius 1 is 1.17 bits per heavy atom. The maximum atomic E-state index is 12.3. The predicted octanol–water partition coefficient (Wildman–Crippen LogP) is 0.671. The first-order valence-electron chi connectivity index (χ1n) is 6.81. The van der Waals surface area contributed by atoms with Crippen LogP contribution in [0.25, 0.3) is 0 Å². The Bertz CT molecular complexity index is 402. The molecule has 0 saturated carbocycles. The van der Waals surface area contributed by atoms with E-state index >= 15 is 0 Å². The normalized spacial score (nSPS) is 26.5. The van der Waals surface area contributed by atoms with Crippen molar-refractivity contribution in [3.05, 3.63) is 0 Å². The van der Waals surface area contributed by atoms with Gasteiger partial charge in [0.15, 0.2) is 0 Å². The van der Waals surface area contributed by atoms with Crippen molar-refractivity contribution in [1.29, 1.82) is 0 Å². The number of hydrogen-bond donors (Lipinski definition) is 0. The van der Waals surface area contributed by atoms with Crippen molar-refractivity contribution in [2.24, 2.45) is 5.92 Å². The van der Waals surface area contributed by atoms with Crippen molar-refractivity contribution >= 4 is 15.9 Å². The largest absolute Gasteiger partial charge is 0.342 e. The van der Waals surface area contributed by atoms with Gasteiger partial charge >= 0.3 is 0 Å². The van der Waals surface area contributed by atoms with E-state index in [9.17, 15) is 13.2 Å². The molecule has 0 aromatic carbocycles. The lowest BCUT2D eigenvalue weighted by molar-refractivity contribution is -0.135. The molecule has 1 amide bonds. The topological polar surface area (TPSA) is 57.7 Å². The van der Waals surface area contributed by atoms with Gasteiger partial charge in [-0.2, -0.15) is 0 Å². The minimum Gasteiger partial charge on any atom is -0.342 e. The molecule has 5 nitrogen and oxygen atoms in total. The highest BCUT2D eigenvalue weighted by Gasteiger charge is 2.34. The second-order valence-corrected chi connectivity index (χ2v) is 7.39. The van der Waals surface area contributed by atoms with Gasteiger partial charge in [-0.25, -0.2) is 12.7 Å². The molecule has 0 aromatic heterocycles. The molecule has 6 heteroatoms. The summed E-state index contributed by atoms with van der Waals surface area (Å²) in [6.45, 7) is 4.29. The Kier molecular flexibility index (Phi) is 4.27. The minimum atomic E-state index is -3.15. The van der Waals surface area contributed by atoms with Gasteiger partial charge in [0, 0.05) is 26.2 Å². The Morgan fingerprint density at radius 3 is 2.44 bits per heavy atom. The predicted molar refractivity (Wildman–Crippen MR) is 69.6 cm³/mol. The van der Waals surface area contributed by atoms with E-state index in [1.165, 1.54) is 4.31 Å². The number of rotatable bonds is 3. The fourth-order valence-corrected chi connectivity index (χ4v) is 3.95. The van der Waals surface area contributed by atoms with Crippen LogP contribution >= 0.6 is 0 Å². The highest BCUT2D eigenvalue weighted by Crippen LogP contribution is 2.23. The van der Waals surface area contributed by atoms with E-state index in [4.69, 9.17) is 0 Å². The molecule has 18 heavy (non-hydrogen) atoms. The Labute approximate surface area is 109 Å². The molecule has 1 atom stereocenters. The summed E-state index contributed by atoms with van der Waals surface area (Å²) >= 11 is 0. The first-order valence-corrected chi connectivity index (χ1v) is 8.42. The number of amides is 1. The summed E-state index contributed by atoms with van der Waals surface area (Å²) in [5, 5.41) is 0. The molecule has 0 bridgehead atoms. The molecule has 2 heterocycles. The maximum absolute atomic E-state index is 12.3. The van der Waals surface area contributed by atoms with E-state index in [0.717, 1.165) is 38.8 Å². The van der Waals surface area contributed by atoms with Crippen LogP contribution < -0.4 is 0 Å². The van der Waals surface area contributed by atoms with Gasteiger partial charge in [-0.1, -0.05) is 0 Å². The maximum Gasteiger partial charge on any atom is 0.227 e. The number of carbonyl (C=O) groups is 1. The first-order chi connectivity index (χ1) is 8.54. The number of piperidine rings is 1. The zero-order valence-corrected chi connectivity index (χ0v) is 11.8. The van der Waals surface area contributed by atoms with Crippen LogP contribution in [0.4, 0.5) is 0 Å². The van der Waals surface area contributed by atoms with Crippen LogP contribution in [-0.2, 0) is 14.8 Å². The Morgan fingerprint density at radius 2 is 1.83 bits per heavy atom. The van der Waals surface area contributed by atoms with Crippen LogP contribution in [0.15, 0.2) is 0 Å². The molecule has 0 spiro atoms. The minimum absolute atomic E-state index is 0.123. The number of likely N-dealkylation sites (tertiary alicyclic amines) is 1. The third-order valence-electron chi connectivity index (χ3n) is 3.91. The highest BCUT2D eigenvalue weighted by atomic mass is 32.2. The Balaban J connectivity index is 2.00. The standard InChI is InChI=1S/C12H22N2O3S/c1-2-18(16,17)14-9-5-6-11(10-14)12(15)13-7-3-4-8-13/h11H,2-10H2,1H3/t11-/m0/s1. The number of nitrogens with zero attached hydrogens (tertiary/aromatic N) is 2. The van der Waals surface area contributed by atoms with Crippen molar-refractivity contribution in [2.45, 2.75) is 32.6 Å². The van der Waals surface area contributed by atoms with Gasteiger partial charge in [0.05, 0.1) is 11.7 Å². The van der Waals surface area contributed by atoms with E-state index in [0.29, 0.717) is 13.1 Å². The van der Waals surface area contributed by atoms with Crippen LogP contribution in [0.2, 0.25) is 0 Å². The number of hydrogen-bond acceptors (Lipinski definition) is 3. The molecule has 0 aromatic rings. The average molecular weight is 274 g/mol.